The fraction of sp³-hybridized carbons (Fsp3) is 0.316. The third-order valence-corrected chi connectivity index (χ3v) is 5.42. The van der Waals surface area contributed by atoms with Gasteiger partial charge in [0.1, 0.15) is 17.7 Å². The molecule has 0 bridgehead atoms. The Labute approximate surface area is 155 Å². The number of H-pyrrole nitrogens is 1. The minimum atomic E-state index is 0.302. The Balaban J connectivity index is 1.43. The number of rotatable bonds is 3. The van der Waals surface area contributed by atoms with Gasteiger partial charge >= 0.3 is 0 Å². The SMILES string of the molecule is CC1CC(Nc2ccc(C#N)cn2)CC1c1nnc2cnc3[nH]ccc3n12. The zero-order valence-electron chi connectivity index (χ0n) is 14.8. The molecule has 1 aliphatic rings. The second-order valence-corrected chi connectivity index (χ2v) is 7.16. The molecule has 0 aliphatic heterocycles. The van der Waals surface area contributed by atoms with Gasteiger partial charge in [-0.2, -0.15) is 5.26 Å². The Bertz CT molecular complexity index is 1150. The van der Waals surface area contributed by atoms with Crippen LogP contribution in [0, 0.1) is 17.2 Å². The maximum absolute atomic E-state index is 8.90. The number of nitrogens with one attached hydrogen (secondary N) is 2. The van der Waals surface area contributed by atoms with Crippen molar-refractivity contribution in [3.05, 3.63) is 48.2 Å². The standard InChI is InChI=1S/C19H18N8/c1-11-6-13(24-16-3-2-12(8-20)9-22-16)7-14(11)19-26-25-17-10-23-18-15(27(17)19)4-5-21-18/h2-5,9-11,13-14,21H,6-7H2,1H3,(H,22,24). The number of nitrogens with zero attached hydrogens (tertiary/aromatic N) is 6. The van der Waals surface area contributed by atoms with Gasteiger partial charge in [-0.3, -0.25) is 4.40 Å². The van der Waals surface area contributed by atoms with E-state index in [9.17, 15) is 0 Å². The molecule has 4 heterocycles. The second-order valence-electron chi connectivity index (χ2n) is 7.16. The summed E-state index contributed by atoms with van der Waals surface area (Å²) in [5, 5.41) is 21.2. The maximum Gasteiger partial charge on any atom is 0.179 e. The average Bonchev–Trinajstić information content (AvgIpc) is 3.39. The van der Waals surface area contributed by atoms with Crippen molar-refractivity contribution in [1.29, 1.82) is 5.26 Å². The van der Waals surface area contributed by atoms with Gasteiger partial charge in [-0.25, -0.2) is 9.97 Å². The number of anilines is 1. The van der Waals surface area contributed by atoms with E-state index in [0.717, 1.165) is 41.3 Å². The third-order valence-electron chi connectivity index (χ3n) is 5.42. The molecule has 1 aliphatic carbocycles. The predicted octanol–water partition coefficient (Wildman–Crippen LogP) is 2.87. The van der Waals surface area contributed by atoms with Crippen LogP contribution in [-0.2, 0) is 0 Å². The molecule has 0 aromatic carbocycles. The number of nitriles is 1. The number of hydrogen-bond acceptors (Lipinski definition) is 6. The molecule has 2 N–H and O–H groups in total. The molecule has 8 nitrogen and oxygen atoms in total. The molecule has 1 saturated carbocycles. The van der Waals surface area contributed by atoms with Crippen molar-refractivity contribution in [2.45, 2.75) is 31.7 Å². The van der Waals surface area contributed by atoms with Crippen molar-refractivity contribution in [2.24, 2.45) is 5.92 Å². The summed E-state index contributed by atoms with van der Waals surface area (Å²) in [7, 11) is 0. The lowest BCUT2D eigenvalue weighted by atomic mass is 9.97. The number of hydrogen-bond donors (Lipinski definition) is 2. The summed E-state index contributed by atoms with van der Waals surface area (Å²) in [5.41, 5.74) is 3.18. The summed E-state index contributed by atoms with van der Waals surface area (Å²) in [6, 6.07) is 8.06. The Morgan fingerprint density at radius 3 is 2.93 bits per heavy atom. The average molecular weight is 358 g/mol. The molecule has 134 valence electrons. The molecule has 0 radical (unpaired) electrons. The van der Waals surface area contributed by atoms with Crippen molar-refractivity contribution in [2.75, 3.05) is 5.32 Å². The largest absolute Gasteiger partial charge is 0.367 e. The van der Waals surface area contributed by atoms with Crippen molar-refractivity contribution in [3.63, 3.8) is 0 Å². The van der Waals surface area contributed by atoms with Gasteiger partial charge in [0.25, 0.3) is 0 Å². The summed E-state index contributed by atoms with van der Waals surface area (Å²) in [6.07, 6.45) is 7.23. The highest BCUT2D eigenvalue weighted by Crippen LogP contribution is 2.40. The van der Waals surface area contributed by atoms with Crippen LogP contribution < -0.4 is 5.32 Å². The highest BCUT2D eigenvalue weighted by Gasteiger charge is 2.35. The molecule has 4 aromatic heterocycles. The highest BCUT2D eigenvalue weighted by molar-refractivity contribution is 5.74. The van der Waals surface area contributed by atoms with Crippen LogP contribution in [-0.4, -0.2) is 35.6 Å². The molecule has 8 heteroatoms. The molecule has 0 saturated heterocycles. The van der Waals surface area contributed by atoms with E-state index in [-0.39, 0.29) is 0 Å². The van der Waals surface area contributed by atoms with Crippen molar-refractivity contribution < 1.29 is 0 Å². The van der Waals surface area contributed by atoms with Crippen molar-refractivity contribution in [3.8, 4) is 6.07 Å². The number of fused-ring (bicyclic) bond motifs is 3. The quantitative estimate of drug-likeness (QED) is 0.583. The first kappa shape index (κ1) is 15.8. The van der Waals surface area contributed by atoms with E-state index >= 15 is 0 Å². The van der Waals surface area contributed by atoms with E-state index in [1.54, 1.807) is 18.5 Å². The van der Waals surface area contributed by atoms with E-state index in [1.807, 2.05) is 18.3 Å². The van der Waals surface area contributed by atoms with E-state index in [4.69, 9.17) is 5.26 Å². The van der Waals surface area contributed by atoms with Gasteiger partial charge in [0.15, 0.2) is 11.3 Å². The Morgan fingerprint density at radius 1 is 1.19 bits per heavy atom. The zero-order chi connectivity index (χ0) is 18.4. The minimum absolute atomic E-state index is 0.302. The van der Waals surface area contributed by atoms with E-state index < -0.39 is 0 Å². The topological polar surface area (TPSA) is 108 Å². The number of aromatic nitrogens is 6. The van der Waals surface area contributed by atoms with Gasteiger partial charge < -0.3 is 10.3 Å². The molecule has 3 unspecified atom stereocenters. The molecule has 5 rings (SSSR count). The van der Waals surface area contributed by atoms with Crippen LogP contribution in [0.25, 0.3) is 16.8 Å². The van der Waals surface area contributed by atoms with Crippen LogP contribution in [0.1, 0.15) is 37.1 Å². The van der Waals surface area contributed by atoms with E-state index in [1.165, 1.54) is 0 Å². The van der Waals surface area contributed by atoms with Gasteiger partial charge in [0.2, 0.25) is 0 Å². The first-order chi connectivity index (χ1) is 13.2. The minimum Gasteiger partial charge on any atom is -0.367 e. The summed E-state index contributed by atoms with van der Waals surface area (Å²) in [4.78, 5) is 11.9. The summed E-state index contributed by atoms with van der Waals surface area (Å²) >= 11 is 0. The van der Waals surface area contributed by atoms with Gasteiger partial charge in [-0.1, -0.05) is 6.92 Å². The normalized spacial score (nSPS) is 22.3. The van der Waals surface area contributed by atoms with Gasteiger partial charge in [-0.05, 0) is 37.0 Å². The third kappa shape index (κ3) is 2.59. The summed E-state index contributed by atoms with van der Waals surface area (Å²) in [6.45, 7) is 2.26. The Kier molecular flexibility index (Phi) is 3.53. The van der Waals surface area contributed by atoms with Gasteiger partial charge in [0.05, 0.1) is 17.3 Å². The van der Waals surface area contributed by atoms with Crippen LogP contribution in [0.5, 0.6) is 0 Å². The molecule has 0 spiro atoms. The molecule has 0 amide bonds. The first-order valence-electron chi connectivity index (χ1n) is 9.02. The number of pyridine rings is 1. The molecular formula is C19H18N8. The Morgan fingerprint density at radius 2 is 2.11 bits per heavy atom. The fourth-order valence-corrected chi connectivity index (χ4v) is 4.12. The lowest BCUT2D eigenvalue weighted by Crippen LogP contribution is -2.16. The van der Waals surface area contributed by atoms with Gasteiger partial charge in [0, 0.05) is 24.4 Å². The lowest BCUT2D eigenvalue weighted by Gasteiger charge is -2.14. The zero-order valence-corrected chi connectivity index (χ0v) is 14.8. The van der Waals surface area contributed by atoms with Gasteiger partial charge in [-0.15, -0.1) is 10.2 Å². The molecule has 4 aromatic rings. The fourth-order valence-electron chi connectivity index (χ4n) is 4.12. The first-order valence-corrected chi connectivity index (χ1v) is 9.02. The van der Waals surface area contributed by atoms with Crippen LogP contribution in [0.4, 0.5) is 5.82 Å². The van der Waals surface area contributed by atoms with Crippen molar-refractivity contribution >= 4 is 22.6 Å². The van der Waals surface area contributed by atoms with Crippen LogP contribution >= 0.6 is 0 Å². The maximum atomic E-state index is 8.90. The van der Waals surface area contributed by atoms with E-state index in [2.05, 4.69) is 47.9 Å². The van der Waals surface area contributed by atoms with E-state index in [0.29, 0.717) is 23.4 Å². The van der Waals surface area contributed by atoms with Crippen LogP contribution in [0.3, 0.4) is 0 Å². The molecule has 27 heavy (non-hydrogen) atoms. The lowest BCUT2D eigenvalue weighted by molar-refractivity contribution is 0.507. The summed E-state index contributed by atoms with van der Waals surface area (Å²) < 4.78 is 2.11. The number of aromatic amines is 1. The predicted molar refractivity (Wildman–Crippen MR) is 100 cm³/mol. The smallest absolute Gasteiger partial charge is 0.179 e. The van der Waals surface area contributed by atoms with Crippen molar-refractivity contribution in [1.82, 2.24) is 29.5 Å². The molecule has 1 fully saturated rings. The Hall–Kier alpha value is -3.47. The molecule has 3 atom stereocenters. The van der Waals surface area contributed by atoms with Crippen LogP contribution in [0.15, 0.2) is 36.8 Å². The van der Waals surface area contributed by atoms with Crippen LogP contribution in [0.2, 0.25) is 0 Å². The molecular weight excluding hydrogens is 340 g/mol. The second kappa shape index (κ2) is 6.06. The highest BCUT2D eigenvalue weighted by atomic mass is 15.3. The monoisotopic (exact) mass is 358 g/mol. The summed E-state index contributed by atoms with van der Waals surface area (Å²) in [5.74, 6) is 2.56.